The van der Waals surface area contributed by atoms with Crippen molar-refractivity contribution in [3.05, 3.63) is 35.9 Å². The molecule has 1 aromatic rings. The summed E-state index contributed by atoms with van der Waals surface area (Å²) in [6.07, 6.45) is 3.85. The first-order valence-corrected chi connectivity index (χ1v) is 9.41. The lowest BCUT2D eigenvalue weighted by molar-refractivity contribution is -0.150. The van der Waals surface area contributed by atoms with Crippen LogP contribution in [-0.4, -0.2) is 71.8 Å². The summed E-state index contributed by atoms with van der Waals surface area (Å²) < 4.78 is 5.70. The highest BCUT2D eigenvalue weighted by Crippen LogP contribution is 2.39. The molecule has 0 spiro atoms. The number of likely N-dealkylation sites (tertiary alicyclic amines) is 1. The van der Waals surface area contributed by atoms with Gasteiger partial charge in [0.25, 0.3) is 0 Å². The van der Waals surface area contributed by atoms with Gasteiger partial charge in [0.15, 0.2) is 0 Å². The lowest BCUT2D eigenvalue weighted by Gasteiger charge is -2.38. The number of aliphatic hydroxyl groups is 1. The minimum Gasteiger partial charge on any atom is -0.389 e. The van der Waals surface area contributed by atoms with E-state index in [-0.39, 0.29) is 24.7 Å². The van der Waals surface area contributed by atoms with Crippen molar-refractivity contribution in [1.82, 2.24) is 9.80 Å². The zero-order valence-corrected chi connectivity index (χ0v) is 14.9. The molecule has 0 aromatic heterocycles. The van der Waals surface area contributed by atoms with E-state index in [0.29, 0.717) is 12.5 Å². The van der Waals surface area contributed by atoms with Gasteiger partial charge in [0.05, 0.1) is 17.7 Å². The molecule has 1 aliphatic carbocycles. The first kappa shape index (κ1) is 17.0. The van der Waals surface area contributed by atoms with Crippen LogP contribution in [0.25, 0.3) is 0 Å². The van der Waals surface area contributed by atoms with Gasteiger partial charge in [-0.3, -0.25) is 9.69 Å². The quantitative estimate of drug-likeness (QED) is 0.905. The number of hydrogen-bond donors (Lipinski definition) is 1. The lowest BCUT2D eigenvalue weighted by atomic mass is 9.76. The molecule has 3 aliphatic rings. The standard InChI is InChI=1S/C20H28N2O3/c1-21-17-11-22(12-18(17)25-13-19(21)23)14-20(24)9-7-16(8-10-20)15-5-3-2-4-6-15/h2-6,16-18,24H,7-14H2,1H3/t16?,17-,18-,20?/m0/s1. The minimum absolute atomic E-state index is 0.0604. The monoisotopic (exact) mass is 344 g/mol. The number of carbonyl (C=O) groups is 1. The van der Waals surface area contributed by atoms with Gasteiger partial charge in [-0.25, -0.2) is 0 Å². The fourth-order valence-corrected chi connectivity index (χ4v) is 4.75. The highest BCUT2D eigenvalue weighted by Gasteiger charge is 2.44. The zero-order chi connectivity index (χ0) is 17.4. The van der Waals surface area contributed by atoms with E-state index in [1.807, 2.05) is 11.9 Å². The number of amides is 1. The van der Waals surface area contributed by atoms with Crippen LogP contribution in [0.15, 0.2) is 30.3 Å². The van der Waals surface area contributed by atoms with Crippen molar-refractivity contribution >= 4 is 5.91 Å². The summed E-state index contributed by atoms with van der Waals surface area (Å²) in [6.45, 7) is 2.49. The largest absolute Gasteiger partial charge is 0.389 e. The second-order valence-corrected chi connectivity index (χ2v) is 8.02. The summed E-state index contributed by atoms with van der Waals surface area (Å²) in [7, 11) is 1.87. The average Bonchev–Trinajstić information content (AvgIpc) is 3.02. The van der Waals surface area contributed by atoms with Crippen LogP contribution in [0, 0.1) is 0 Å². The van der Waals surface area contributed by atoms with Crippen LogP contribution in [0.3, 0.4) is 0 Å². The number of hydrogen-bond acceptors (Lipinski definition) is 4. The van der Waals surface area contributed by atoms with E-state index in [2.05, 4.69) is 35.2 Å². The van der Waals surface area contributed by atoms with Crippen LogP contribution in [0.1, 0.15) is 37.2 Å². The third-order valence-corrected chi connectivity index (χ3v) is 6.33. The summed E-state index contributed by atoms with van der Waals surface area (Å²) in [5, 5.41) is 11.1. The van der Waals surface area contributed by atoms with Crippen molar-refractivity contribution in [2.24, 2.45) is 0 Å². The molecule has 0 radical (unpaired) electrons. The van der Waals surface area contributed by atoms with Gasteiger partial charge in [-0.2, -0.15) is 0 Å². The molecule has 1 amide bonds. The first-order valence-electron chi connectivity index (χ1n) is 9.41. The van der Waals surface area contributed by atoms with Crippen LogP contribution in [0.4, 0.5) is 0 Å². The zero-order valence-electron chi connectivity index (χ0n) is 14.9. The number of likely N-dealkylation sites (N-methyl/N-ethyl adjacent to an activating group) is 1. The molecule has 2 aliphatic heterocycles. The van der Waals surface area contributed by atoms with Gasteiger partial charge in [0.2, 0.25) is 5.91 Å². The van der Waals surface area contributed by atoms with Gasteiger partial charge in [-0.15, -0.1) is 0 Å². The fourth-order valence-electron chi connectivity index (χ4n) is 4.75. The smallest absolute Gasteiger partial charge is 0.248 e. The van der Waals surface area contributed by atoms with Crippen molar-refractivity contribution < 1.29 is 14.6 Å². The number of rotatable bonds is 3. The summed E-state index contributed by atoms with van der Waals surface area (Å²) in [6, 6.07) is 10.8. The van der Waals surface area contributed by atoms with E-state index >= 15 is 0 Å². The molecular weight excluding hydrogens is 316 g/mol. The summed E-state index contributed by atoms with van der Waals surface area (Å²) in [5.41, 5.74) is 0.784. The predicted molar refractivity (Wildman–Crippen MR) is 95.3 cm³/mol. The van der Waals surface area contributed by atoms with Crippen LogP contribution in [0.5, 0.6) is 0 Å². The van der Waals surface area contributed by atoms with Crippen molar-refractivity contribution in [3.63, 3.8) is 0 Å². The van der Waals surface area contributed by atoms with Gasteiger partial charge >= 0.3 is 0 Å². The van der Waals surface area contributed by atoms with Crippen LogP contribution < -0.4 is 0 Å². The molecule has 2 saturated heterocycles. The molecule has 5 nitrogen and oxygen atoms in total. The first-order chi connectivity index (χ1) is 12.0. The number of benzene rings is 1. The minimum atomic E-state index is -0.610. The van der Waals surface area contributed by atoms with Crippen LogP contribution >= 0.6 is 0 Å². The Hall–Kier alpha value is -1.43. The van der Waals surface area contributed by atoms with Gasteiger partial charge in [-0.1, -0.05) is 30.3 Å². The molecule has 2 atom stereocenters. The molecule has 5 heteroatoms. The molecule has 2 heterocycles. The van der Waals surface area contributed by atoms with E-state index in [9.17, 15) is 9.90 Å². The predicted octanol–water partition coefficient (Wildman–Crippen LogP) is 1.62. The number of ether oxygens (including phenoxy) is 1. The second-order valence-electron chi connectivity index (χ2n) is 8.02. The molecule has 1 N–H and O–H groups in total. The number of carbonyl (C=O) groups excluding carboxylic acids is 1. The van der Waals surface area contributed by atoms with E-state index in [1.54, 1.807) is 0 Å². The van der Waals surface area contributed by atoms with E-state index in [0.717, 1.165) is 38.8 Å². The Balaban J connectivity index is 1.34. The average molecular weight is 344 g/mol. The molecule has 136 valence electrons. The lowest BCUT2D eigenvalue weighted by Crippen LogP contribution is -2.52. The van der Waals surface area contributed by atoms with Gasteiger partial charge in [-0.05, 0) is 37.2 Å². The third-order valence-electron chi connectivity index (χ3n) is 6.33. The SMILES string of the molecule is CN1C(=O)CO[C@H]2CN(CC3(O)CCC(c4ccccc4)CC3)C[C@@H]21. The number of nitrogens with zero attached hydrogens (tertiary/aromatic N) is 2. The summed E-state index contributed by atoms with van der Waals surface area (Å²) in [4.78, 5) is 15.9. The van der Waals surface area contributed by atoms with E-state index in [1.165, 1.54) is 5.56 Å². The molecule has 1 aromatic carbocycles. The van der Waals surface area contributed by atoms with Gasteiger partial charge in [0, 0.05) is 26.7 Å². The topological polar surface area (TPSA) is 53.0 Å². The molecule has 4 rings (SSSR count). The second kappa shape index (κ2) is 6.71. The molecule has 25 heavy (non-hydrogen) atoms. The summed E-state index contributed by atoms with van der Waals surface area (Å²) in [5.74, 6) is 0.625. The molecular formula is C20H28N2O3. The van der Waals surface area contributed by atoms with Crippen molar-refractivity contribution in [2.75, 3.05) is 33.3 Å². The number of fused-ring (bicyclic) bond motifs is 1. The third kappa shape index (κ3) is 3.46. The van der Waals surface area contributed by atoms with Gasteiger partial charge < -0.3 is 14.7 Å². The maximum atomic E-state index is 11.8. The Morgan fingerprint density at radius 3 is 2.64 bits per heavy atom. The highest BCUT2D eigenvalue weighted by atomic mass is 16.5. The Labute approximate surface area is 149 Å². The van der Waals surface area contributed by atoms with Gasteiger partial charge in [0.1, 0.15) is 6.61 Å². The van der Waals surface area contributed by atoms with Crippen LogP contribution in [-0.2, 0) is 9.53 Å². The highest BCUT2D eigenvalue weighted by molar-refractivity contribution is 5.78. The Kier molecular flexibility index (Phi) is 4.56. The van der Waals surface area contributed by atoms with Crippen molar-refractivity contribution in [3.8, 4) is 0 Å². The van der Waals surface area contributed by atoms with E-state index < -0.39 is 5.60 Å². The van der Waals surface area contributed by atoms with Crippen LogP contribution in [0.2, 0.25) is 0 Å². The normalized spacial score (nSPS) is 36.5. The van der Waals surface area contributed by atoms with E-state index in [4.69, 9.17) is 4.74 Å². The Morgan fingerprint density at radius 1 is 1.20 bits per heavy atom. The molecule has 3 fully saturated rings. The maximum absolute atomic E-state index is 11.8. The molecule has 1 saturated carbocycles. The number of morpholine rings is 1. The maximum Gasteiger partial charge on any atom is 0.248 e. The number of β-amino-alcohol motifs (C(OH)–C–C–N with tert-alkyl or cyclic N) is 1. The fraction of sp³-hybridized carbons (Fsp3) is 0.650. The Morgan fingerprint density at radius 2 is 1.92 bits per heavy atom. The summed E-state index contributed by atoms with van der Waals surface area (Å²) >= 11 is 0. The van der Waals surface area contributed by atoms with Crippen molar-refractivity contribution in [1.29, 1.82) is 0 Å². The van der Waals surface area contributed by atoms with Crippen molar-refractivity contribution in [2.45, 2.75) is 49.3 Å². The Bertz CT molecular complexity index is 613. The molecule has 0 unspecified atom stereocenters. The molecule has 0 bridgehead atoms.